The maximum atomic E-state index is 9.95. The smallest absolute Gasteiger partial charge is 0.0619 e. The molecule has 1 atom stereocenters. The van der Waals surface area contributed by atoms with E-state index in [-0.39, 0.29) is 18.1 Å². The first kappa shape index (κ1) is 14.8. The summed E-state index contributed by atoms with van der Waals surface area (Å²) in [5, 5.41) is 13.4. The largest absolute Gasteiger partial charge is 0.394 e. The monoisotopic (exact) mass is 269 g/mol. The Kier molecular flexibility index (Phi) is 4.94. The Bertz CT molecular complexity index is 472. The SMILES string of the molecule is CCNC(C)(CO)C(c1ccccc1)c1ccccc1. The number of aliphatic hydroxyl groups is 1. The summed E-state index contributed by atoms with van der Waals surface area (Å²) in [6, 6.07) is 20.8. The van der Waals surface area contributed by atoms with Crippen LogP contribution in [0.3, 0.4) is 0 Å². The van der Waals surface area contributed by atoms with Gasteiger partial charge in [0, 0.05) is 11.5 Å². The van der Waals surface area contributed by atoms with E-state index in [0.29, 0.717) is 0 Å². The van der Waals surface area contributed by atoms with Crippen molar-refractivity contribution in [1.82, 2.24) is 5.32 Å². The molecule has 0 bridgehead atoms. The first-order valence-electron chi connectivity index (χ1n) is 7.17. The molecule has 2 N–H and O–H groups in total. The standard InChI is InChI=1S/C18H23NO/c1-3-19-18(2,14-20)17(15-10-6-4-7-11-15)16-12-8-5-9-13-16/h4-13,17,19-20H,3,14H2,1-2H3. The Hall–Kier alpha value is -1.64. The maximum absolute atomic E-state index is 9.95. The van der Waals surface area contributed by atoms with Crippen LogP contribution in [0.2, 0.25) is 0 Å². The van der Waals surface area contributed by atoms with Gasteiger partial charge in [0.05, 0.1) is 6.61 Å². The highest BCUT2D eigenvalue weighted by atomic mass is 16.3. The number of nitrogens with one attached hydrogen (secondary N) is 1. The summed E-state index contributed by atoms with van der Waals surface area (Å²) < 4.78 is 0. The van der Waals surface area contributed by atoms with E-state index in [1.165, 1.54) is 11.1 Å². The van der Waals surface area contributed by atoms with Crippen molar-refractivity contribution in [2.75, 3.05) is 13.2 Å². The number of hydrogen-bond acceptors (Lipinski definition) is 2. The summed E-state index contributed by atoms with van der Waals surface area (Å²) >= 11 is 0. The Morgan fingerprint density at radius 3 is 1.75 bits per heavy atom. The van der Waals surface area contributed by atoms with E-state index in [1.807, 2.05) is 12.1 Å². The van der Waals surface area contributed by atoms with Gasteiger partial charge in [-0.2, -0.15) is 0 Å². The molecule has 0 heterocycles. The van der Waals surface area contributed by atoms with Gasteiger partial charge >= 0.3 is 0 Å². The molecule has 0 amide bonds. The van der Waals surface area contributed by atoms with Gasteiger partial charge in [-0.1, -0.05) is 67.6 Å². The van der Waals surface area contributed by atoms with Crippen molar-refractivity contribution in [3.05, 3.63) is 71.8 Å². The maximum Gasteiger partial charge on any atom is 0.0619 e. The summed E-state index contributed by atoms with van der Waals surface area (Å²) in [6.45, 7) is 5.07. The van der Waals surface area contributed by atoms with Gasteiger partial charge in [0.1, 0.15) is 0 Å². The molecule has 2 aromatic rings. The van der Waals surface area contributed by atoms with Crippen molar-refractivity contribution < 1.29 is 5.11 Å². The fourth-order valence-corrected chi connectivity index (χ4v) is 2.87. The molecule has 2 heteroatoms. The molecule has 0 saturated heterocycles. The quantitative estimate of drug-likeness (QED) is 0.844. The molecule has 2 aromatic carbocycles. The van der Waals surface area contributed by atoms with Crippen LogP contribution in [0, 0.1) is 0 Å². The first-order chi connectivity index (χ1) is 9.71. The number of likely N-dealkylation sites (N-methyl/N-ethyl adjacent to an activating group) is 1. The van der Waals surface area contributed by atoms with Gasteiger partial charge in [0.15, 0.2) is 0 Å². The molecule has 2 nitrogen and oxygen atoms in total. The van der Waals surface area contributed by atoms with Crippen LogP contribution in [-0.4, -0.2) is 23.8 Å². The second-order valence-electron chi connectivity index (χ2n) is 5.36. The molecule has 106 valence electrons. The molecular formula is C18H23NO. The molecule has 2 rings (SSSR count). The zero-order valence-electron chi connectivity index (χ0n) is 12.2. The Labute approximate surface area is 121 Å². The zero-order valence-corrected chi connectivity index (χ0v) is 12.2. The second-order valence-corrected chi connectivity index (χ2v) is 5.36. The van der Waals surface area contributed by atoms with Crippen molar-refractivity contribution >= 4 is 0 Å². The van der Waals surface area contributed by atoms with Crippen LogP contribution in [0.4, 0.5) is 0 Å². The predicted octanol–water partition coefficient (Wildman–Crippen LogP) is 3.18. The van der Waals surface area contributed by atoms with Gasteiger partial charge in [-0.25, -0.2) is 0 Å². The number of rotatable bonds is 6. The third kappa shape index (κ3) is 3.09. The van der Waals surface area contributed by atoms with E-state index in [0.717, 1.165) is 6.54 Å². The van der Waals surface area contributed by atoms with Gasteiger partial charge in [-0.15, -0.1) is 0 Å². The lowest BCUT2D eigenvalue weighted by atomic mass is 9.76. The third-order valence-corrected chi connectivity index (χ3v) is 3.81. The van der Waals surface area contributed by atoms with E-state index in [4.69, 9.17) is 0 Å². The molecule has 0 aliphatic rings. The van der Waals surface area contributed by atoms with Crippen LogP contribution >= 0.6 is 0 Å². The molecule has 0 radical (unpaired) electrons. The number of hydrogen-bond donors (Lipinski definition) is 2. The summed E-state index contributed by atoms with van der Waals surface area (Å²) in [4.78, 5) is 0. The Balaban J connectivity index is 2.50. The van der Waals surface area contributed by atoms with Crippen molar-refractivity contribution in [3.63, 3.8) is 0 Å². The van der Waals surface area contributed by atoms with E-state index in [9.17, 15) is 5.11 Å². The van der Waals surface area contributed by atoms with E-state index in [2.05, 4.69) is 67.7 Å². The van der Waals surface area contributed by atoms with Gasteiger partial charge < -0.3 is 10.4 Å². The van der Waals surface area contributed by atoms with Gasteiger partial charge in [0.2, 0.25) is 0 Å². The highest BCUT2D eigenvalue weighted by Gasteiger charge is 2.35. The molecule has 0 aliphatic heterocycles. The van der Waals surface area contributed by atoms with E-state index in [1.54, 1.807) is 0 Å². The van der Waals surface area contributed by atoms with Gasteiger partial charge in [-0.05, 0) is 24.6 Å². The lowest BCUT2D eigenvalue weighted by Gasteiger charge is -2.38. The fourth-order valence-electron chi connectivity index (χ4n) is 2.87. The van der Waals surface area contributed by atoms with Gasteiger partial charge in [-0.3, -0.25) is 0 Å². The minimum Gasteiger partial charge on any atom is -0.394 e. The van der Waals surface area contributed by atoms with Crippen LogP contribution in [0.5, 0.6) is 0 Å². The van der Waals surface area contributed by atoms with Gasteiger partial charge in [0.25, 0.3) is 0 Å². The Morgan fingerprint density at radius 1 is 0.950 bits per heavy atom. The summed E-state index contributed by atoms with van der Waals surface area (Å²) in [5.41, 5.74) is 2.06. The normalized spacial score (nSPS) is 14.2. The zero-order chi connectivity index (χ0) is 14.4. The van der Waals surface area contributed by atoms with E-state index >= 15 is 0 Å². The average Bonchev–Trinajstić information content (AvgIpc) is 2.50. The molecule has 0 aromatic heterocycles. The van der Waals surface area contributed by atoms with Crippen molar-refractivity contribution in [1.29, 1.82) is 0 Å². The average molecular weight is 269 g/mol. The predicted molar refractivity (Wildman–Crippen MR) is 83.9 cm³/mol. The third-order valence-electron chi connectivity index (χ3n) is 3.81. The van der Waals surface area contributed by atoms with E-state index < -0.39 is 0 Å². The van der Waals surface area contributed by atoms with Crippen molar-refractivity contribution in [2.45, 2.75) is 25.3 Å². The number of aliphatic hydroxyl groups excluding tert-OH is 1. The number of benzene rings is 2. The summed E-state index contributed by atoms with van der Waals surface area (Å²) in [7, 11) is 0. The topological polar surface area (TPSA) is 32.3 Å². The molecular weight excluding hydrogens is 246 g/mol. The van der Waals surface area contributed by atoms with Crippen LogP contribution in [0.1, 0.15) is 30.9 Å². The van der Waals surface area contributed by atoms with Crippen LogP contribution < -0.4 is 5.32 Å². The summed E-state index contributed by atoms with van der Waals surface area (Å²) in [6.07, 6.45) is 0. The highest BCUT2D eigenvalue weighted by Crippen LogP contribution is 2.34. The summed E-state index contributed by atoms with van der Waals surface area (Å²) in [5.74, 6) is 0.120. The first-order valence-corrected chi connectivity index (χ1v) is 7.17. The lowest BCUT2D eigenvalue weighted by molar-refractivity contribution is 0.161. The molecule has 0 spiro atoms. The molecule has 0 aliphatic carbocycles. The minimum atomic E-state index is -0.378. The van der Waals surface area contributed by atoms with Crippen molar-refractivity contribution in [3.8, 4) is 0 Å². The van der Waals surface area contributed by atoms with Crippen LogP contribution in [0.15, 0.2) is 60.7 Å². The molecule has 0 fully saturated rings. The fraction of sp³-hybridized carbons (Fsp3) is 0.333. The lowest BCUT2D eigenvalue weighted by Crippen LogP contribution is -2.51. The Morgan fingerprint density at radius 2 is 1.40 bits per heavy atom. The highest BCUT2D eigenvalue weighted by molar-refractivity contribution is 5.36. The minimum absolute atomic E-state index is 0.0926. The van der Waals surface area contributed by atoms with Crippen LogP contribution in [-0.2, 0) is 0 Å². The van der Waals surface area contributed by atoms with Crippen molar-refractivity contribution in [2.24, 2.45) is 0 Å². The second kappa shape index (κ2) is 6.69. The molecule has 20 heavy (non-hydrogen) atoms. The molecule has 1 unspecified atom stereocenters. The van der Waals surface area contributed by atoms with Crippen LogP contribution in [0.25, 0.3) is 0 Å². The molecule has 0 saturated carbocycles.